The third-order valence-corrected chi connectivity index (χ3v) is 3.62. The third-order valence-electron chi connectivity index (χ3n) is 3.62. The molecule has 0 amide bonds. The summed E-state index contributed by atoms with van der Waals surface area (Å²) in [7, 11) is 0. The molecule has 1 fully saturated rings. The molecule has 0 bridgehead atoms. The molecule has 0 radical (unpaired) electrons. The molecule has 0 saturated carbocycles. The molecule has 2 atom stereocenters. The summed E-state index contributed by atoms with van der Waals surface area (Å²) >= 11 is 0. The van der Waals surface area contributed by atoms with Gasteiger partial charge in [0.1, 0.15) is 17.2 Å². The van der Waals surface area contributed by atoms with Crippen LogP contribution in [0.4, 0.5) is 5.82 Å². The molecule has 0 aromatic carbocycles. The summed E-state index contributed by atoms with van der Waals surface area (Å²) in [6.07, 6.45) is 0.509. The van der Waals surface area contributed by atoms with E-state index in [1.165, 1.54) is 0 Å². The molecule has 0 spiro atoms. The molecule has 1 aromatic heterocycles. The summed E-state index contributed by atoms with van der Waals surface area (Å²) in [6.45, 7) is 9.05. The fraction of sp³-hybridized carbons (Fsp3) is 0.714. The van der Waals surface area contributed by atoms with E-state index in [1.807, 2.05) is 19.9 Å². The molecular formula is C14H23N3O2. The van der Waals surface area contributed by atoms with Gasteiger partial charge in [0.25, 0.3) is 0 Å². The Bertz CT molecular complexity index is 450. The summed E-state index contributed by atoms with van der Waals surface area (Å²) in [5.74, 6) is 1.88. The fourth-order valence-electron chi connectivity index (χ4n) is 2.19. The minimum atomic E-state index is -0.809. The minimum Gasteiger partial charge on any atom is -0.385 e. The Morgan fingerprint density at radius 2 is 2.26 bits per heavy atom. The summed E-state index contributed by atoms with van der Waals surface area (Å²) in [4.78, 5) is 8.88. The van der Waals surface area contributed by atoms with Crippen molar-refractivity contribution in [3.05, 3.63) is 17.6 Å². The Balaban J connectivity index is 2.07. The van der Waals surface area contributed by atoms with Crippen LogP contribution in [0.5, 0.6) is 0 Å². The van der Waals surface area contributed by atoms with E-state index in [2.05, 4.69) is 29.1 Å². The maximum Gasteiger partial charge on any atom is 0.133 e. The molecule has 106 valence electrons. The average Bonchev–Trinajstić information content (AvgIpc) is 2.67. The fourth-order valence-corrected chi connectivity index (χ4v) is 2.19. The van der Waals surface area contributed by atoms with Gasteiger partial charge < -0.3 is 15.2 Å². The number of hydrogen-bond acceptors (Lipinski definition) is 5. The van der Waals surface area contributed by atoms with Gasteiger partial charge in [-0.2, -0.15) is 0 Å². The van der Waals surface area contributed by atoms with E-state index in [1.54, 1.807) is 0 Å². The van der Waals surface area contributed by atoms with Gasteiger partial charge in [-0.3, -0.25) is 0 Å². The standard InChI is InChI=1S/C14H23N3O2/c1-9(2)13-16-10(3)7-12(17-13)15-8-14(18)5-6-19-11(14)4/h7,9,11,18H,5-6,8H2,1-4H3,(H,15,16,17). The number of nitrogens with zero attached hydrogens (tertiary/aromatic N) is 2. The second-order valence-corrected chi connectivity index (χ2v) is 5.63. The molecule has 1 aliphatic rings. The third kappa shape index (κ3) is 3.22. The van der Waals surface area contributed by atoms with E-state index in [0.717, 1.165) is 17.3 Å². The van der Waals surface area contributed by atoms with Crippen LogP contribution in [0.2, 0.25) is 0 Å². The van der Waals surface area contributed by atoms with Gasteiger partial charge >= 0.3 is 0 Å². The average molecular weight is 265 g/mol. The molecular weight excluding hydrogens is 242 g/mol. The highest BCUT2D eigenvalue weighted by atomic mass is 16.5. The van der Waals surface area contributed by atoms with Crippen LogP contribution >= 0.6 is 0 Å². The van der Waals surface area contributed by atoms with E-state index in [0.29, 0.717) is 19.6 Å². The van der Waals surface area contributed by atoms with E-state index < -0.39 is 5.60 Å². The predicted octanol–water partition coefficient (Wildman–Crippen LogP) is 1.86. The molecule has 19 heavy (non-hydrogen) atoms. The molecule has 2 N–H and O–H groups in total. The number of anilines is 1. The Morgan fingerprint density at radius 3 is 2.84 bits per heavy atom. The van der Waals surface area contributed by atoms with E-state index in [-0.39, 0.29) is 12.0 Å². The van der Waals surface area contributed by atoms with Gasteiger partial charge in [-0.05, 0) is 13.8 Å². The van der Waals surface area contributed by atoms with Crippen LogP contribution in [0.3, 0.4) is 0 Å². The summed E-state index contributed by atoms with van der Waals surface area (Å²) in [6, 6.07) is 1.90. The summed E-state index contributed by atoms with van der Waals surface area (Å²) in [5.41, 5.74) is 0.125. The van der Waals surface area contributed by atoms with Crippen LogP contribution in [-0.2, 0) is 4.74 Å². The van der Waals surface area contributed by atoms with Gasteiger partial charge in [0, 0.05) is 37.3 Å². The Labute approximate surface area is 114 Å². The van der Waals surface area contributed by atoms with E-state index in [9.17, 15) is 5.11 Å². The Kier molecular flexibility index (Phi) is 4.06. The summed E-state index contributed by atoms with van der Waals surface area (Å²) < 4.78 is 5.42. The molecule has 1 saturated heterocycles. The normalized spacial score (nSPS) is 26.9. The van der Waals surface area contributed by atoms with Crippen molar-refractivity contribution in [1.82, 2.24) is 9.97 Å². The number of aromatic nitrogens is 2. The first-order chi connectivity index (χ1) is 8.90. The van der Waals surface area contributed by atoms with Crippen molar-refractivity contribution < 1.29 is 9.84 Å². The predicted molar refractivity (Wildman–Crippen MR) is 74.3 cm³/mol. The topological polar surface area (TPSA) is 67.3 Å². The quantitative estimate of drug-likeness (QED) is 0.869. The Hall–Kier alpha value is -1.20. The van der Waals surface area contributed by atoms with Crippen molar-refractivity contribution in [2.45, 2.75) is 51.7 Å². The molecule has 2 heterocycles. The van der Waals surface area contributed by atoms with Crippen LogP contribution in [0.1, 0.15) is 44.6 Å². The lowest BCUT2D eigenvalue weighted by Crippen LogP contribution is -2.43. The smallest absolute Gasteiger partial charge is 0.133 e. The maximum atomic E-state index is 10.4. The second-order valence-electron chi connectivity index (χ2n) is 5.63. The second kappa shape index (κ2) is 5.43. The first-order valence-electron chi connectivity index (χ1n) is 6.84. The van der Waals surface area contributed by atoms with Crippen LogP contribution < -0.4 is 5.32 Å². The minimum absolute atomic E-state index is 0.146. The van der Waals surface area contributed by atoms with Gasteiger partial charge in [0.15, 0.2) is 0 Å². The van der Waals surface area contributed by atoms with Crippen molar-refractivity contribution in [3.63, 3.8) is 0 Å². The van der Waals surface area contributed by atoms with Gasteiger partial charge in [0.2, 0.25) is 0 Å². The van der Waals surface area contributed by atoms with Crippen LogP contribution in [0, 0.1) is 6.92 Å². The molecule has 5 heteroatoms. The van der Waals surface area contributed by atoms with Gasteiger partial charge in [-0.25, -0.2) is 9.97 Å². The number of ether oxygens (including phenoxy) is 1. The zero-order valence-corrected chi connectivity index (χ0v) is 12.1. The SMILES string of the molecule is Cc1cc(NCC2(O)CCOC2C)nc(C(C)C)n1. The van der Waals surface area contributed by atoms with E-state index >= 15 is 0 Å². The lowest BCUT2D eigenvalue weighted by molar-refractivity contribution is -0.0176. The highest BCUT2D eigenvalue weighted by molar-refractivity contribution is 5.37. The number of hydrogen-bond donors (Lipinski definition) is 2. The molecule has 0 aliphatic carbocycles. The molecule has 1 aliphatic heterocycles. The lowest BCUT2D eigenvalue weighted by atomic mass is 9.97. The van der Waals surface area contributed by atoms with Crippen LogP contribution in [0.25, 0.3) is 0 Å². The zero-order chi connectivity index (χ0) is 14.0. The van der Waals surface area contributed by atoms with Crippen molar-refractivity contribution in [3.8, 4) is 0 Å². The van der Waals surface area contributed by atoms with Gasteiger partial charge in [0.05, 0.1) is 6.10 Å². The van der Waals surface area contributed by atoms with E-state index in [4.69, 9.17) is 4.74 Å². The number of nitrogens with one attached hydrogen (secondary N) is 1. The lowest BCUT2D eigenvalue weighted by Gasteiger charge is -2.26. The Morgan fingerprint density at radius 1 is 1.53 bits per heavy atom. The van der Waals surface area contributed by atoms with Gasteiger partial charge in [-0.1, -0.05) is 13.8 Å². The largest absolute Gasteiger partial charge is 0.385 e. The summed E-state index contributed by atoms with van der Waals surface area (Å²) in [5, 5.41) is 13.7. The van der Waals surface area contributed by atoms with Crippen LogP contribution in [0.15, 0.2) is 6.07 Å². The monoisotopic (exact) mass is 265 g/mol. The first kappa shape index (κ1) is 14.2. The van der Waals surface area contributed by atoms with Crippen molar-refractivity contribution in [2.24, 2.45) is 0 Å². The van der Waals surface area contributed by atoms with Crippen molar-refractivity contribution in [1.29, 1.82) is 0 Å². The molecule has 5 nitrogen and oxygen atoms in total. The number of aliphatic hydroxyl groups is 1. The maximum absolute atomic E-state index is 10.4. The highest BCUT2D eigenvalue weighted by Gasteiger charge is 2.39. The number of aryl methyl sites for hydroxylation is 1. The molecule has 2 rings (SSSR count). The first-order valence-corrected chi connectivity index (χ1v) is 6.84. The van der Waals surface area contributed by atoms with Crippen molar-refractivity contribution in [2.75, 3.05) is 18.5 Å². The molecule has 1 aromatic rings. The number of rotatable bonds is 4. The van der Waals surface area contributed by atoms with Gasteiger partial charge in [-0.15, -0.1) is 0 Å². The van der Waals surface area contributed by atoms with Crippen LogP contribution in [-0.4, -0.2) is 39.9 Å². The highest BCUT2D eigenvalue weighted by Crippen LogP contribution is 2.26. The molecule has 2 unspecified atom stereocenters. The van der Waals surface area contributed by atoms with Crippen molar-refractivity contribution >= 4 is 5.82 Å². The zero-order valence-electron chi connectivity index (χ0n) is 12.1.